The van der Waals surface area contributed by atoms with Gasteiger partial charge in [-0.2, -0.15) is 0 Å². The lowest BCUT2D eigenvalue weighted by Gasteiger charge is -2.25. The summed E-state index contributed by atoms with van der Waals surface area (Å²) in [6, 6.07) is 0.289. The van der Waals surface area contributed by atoms with Crippen molar-refractivity contribution in [3.05, 3.63) is 11.8 Å². The number of carboxylic acids is 1. The van der Waals surface area contributed by atoms with E-state index in [0.717, 1.165) is 0 Å². The maximum Gasteiger partial charge on any atom is 0.338 e. The quantitative estimate of drug-likeness (QED) is 0.660. The monoisotopic (exact) mass is 168 g/mol. The molecule has 1 aliphatic heterocycles. The van der Waals surface area contributed by atoms with Gasteiger partial charge in [0.25, 0.3) is 0 Å². The lowest BCUT2D eigenvalue weighted by molar-refractivity contribution is -0.132. The van der Waals surface area contributed by atoms with Gasteiger partial charge in [-0.3, -0.25) is 4.99 Å². The Morgan fingerprint density at radius 3 is 2.92 bits per heavy atom. The molecule has 0 bridgehead atoms. The predicted octanol–water partition coefficient (Wildman–Crippen LogP) is 0.707. The summed E-state index contributed by atoms with van der Waals surface area (Å²) >= 11 is 0. The molecule has 0 fully saturated rings. The molecular weight excluding hydrogens is 156 g/mol. The van der Waals surface area contributed by atoms with E-state index in [-0.39, 0.29) is 11.6 Å². The van der Waals surface area contributed by atoms with Crippen LogP contribution in [0.15, 0.2) is 16.8 Å². The van der Waals surface area contributed by atoms with Gasteiger partial charge < -0.3 is 10.0 Å². The number of rotatable bonds is 2. The molecule has 0 unspecified atom stereocenters. The van der Waals surface area contributed by atoms with E-state index in [4.69, 9.17) is 5.11 Å². The van der Waals surface area contributed by atoms with Crippen LogP contribution in [0.25, 0.3) is 0 Å². The molecule has 1 rings (SSSR count). The molecule has 0 atom stereocenters. The molecule has 0 saturated heterocycles. The number of hydrogen-bond acceptors (Lipinski definition) is 3. The first-order chi connectivity index (χ1) is 5.61. The number of carboxylic acid groups (broad SMARTS) is 1. The molecule has 66 valence electrons. The number of aliphatic imine (C=N–C) groups is 1. The van der Waals surface area contributed by atoms with Gasteiger partial charge in [0, 0.05) is 18.5 Å². The van der Waals surface area contributed by atoms with Gasteiger partial charge in [-0.25, -0.2) is 4.79 Å². The molecule has 0 aromatic carbocycles. The maximum atomic E-state index is 10.5. The second-order valence-electron chi connectivity index (χ2n) is 2.95. The minimum absolute atomic E-state index is 0.245. The first-order valence-corrected chi connectivity index (χ1v) is 3.82. The van der Waals surface area contributed by atoms with E-state index in [1.165, 1.54) is 6.21 Å². The van der Waals surface area contributed by atoms with Crippen LogP contribution < -0.4 is 0 Å². The average molecular weight is 168 g/mol. The van der Waals surface area contributed by atoms with Gasteiger partial charge in [-0.1, -0.05) is 0 Å². The van der Waals surface area contributed by atoms with Crippen molar-refractivity contribution in [3.63, 3.8) is 0 Å². The lowest BCUT2D eigenvalue weighted by Crippen LogP contribution is -2.29. The van der Waals surface area contributed by atoms with Crippen molar-refractivity contribution in [2.24, 2.45) is 4.99 Å². The van der Waals surface area contributed by atoms with E-state index in [9.17, 15) is 4.79 Å². The van der Waals surface area contributed by atoms with E-state index in [2.05, 4.69) is 4.99 Å². The Hall–Kier alpha value is -1.32. The molecule has 0 amide bonds. The summed E-state index contributed by atoms with van der Waals surface area (Å²) in [6.07, 6.45) is 3.02. The van der Waals surface area contributed by atoms with Crippen molar-refractivity contribution in [1.29, 1.82) is 0 Å². The van der Waals surface area contributed by atoms with E-state index < -0.39 is 5.97 Å². The van der Waals surface area contributed by atoms with Gasteiger partial charge >= 0.3 is 5.97 Å². The zero-order chi connectivity index (χ0) is 9.14. The Balaban J connectivity index is 2.75. The van der Waals surface area contributed by atoms with Crippen molar-refractivity contribution in [3.8, 4) is 0 Å². The largest absolute Gasteiger partial charge is 0.478 e. The Morgan fingerprint density at radius 1 is 1.75 bits per heavy atom. The minimum Gasteiger partial charge on any atom is -0.478 e. The smallest absolute Gasteiger partial charge is 0.338 e. The standard InChI is InChI=1S/C8H12N2O2/c1-6(2)10-4-7(8(11)12)3-9-5-10/h3-4,6H,5H2,1-2H3,(H,11,12). The summed E-state index contributed by atoms with van der Waals surface area (Å²) in [4.78, 5) is 16.3. The second-order valence-corrected chi connectivity index (χ2v) is 2.95. The molecule has 4 heteroatoms. The number of nitrogens with zero attached hydrogens (tertiary/aromatic N) is 2. The highest BCUT2D eigenvalue weighted by Gasteiger charge is 2.13. The molecule has 12 heavy (non-hydrogen) atoms. The van der Waals surface area contributed by atoms with Crippen LogP contribution >= 0.6 is 0 Å². The first kappa shape index (κ1) is 8.77. The van der Waals surface area contributed by atoms with Crippen LogP contribution in [0.2, 0.25) is 0 Å². The summed E-state index contributed by atoms with van der Waals surface area (Å²) < 4.78 is 0. The zero-order valence-electron chi connectivity index (χ0n) is 7.19. The van der Waals surface area contributed by atoms with E-state index in [1.54, 1.807) is 6.20 Å². The summed E-state index contributed by atoms with van der Waals surface area (Å²) in [6.45, 7) is 4.54. The highest BCUT2D eigenvalue weighted by Crippen LogP contribution is 2.06. The van der Waals surface area contributed by atoms with Gasteiger partial charge in [0.05, 0.1) is 5.57 Å². The zero-order valence-corrected chi connectivity index (χ0v) is 7.19. The molecule has 4 nitrogen and oxygen atoms in total. The summed E-state index contributed by atoms with van der Waals surface area (Å²) in [5, 5.41) is 8.65. The Labute approximate surface area is 71.2 Å². The molecule has 1 aliphatic rings. The topological polar surface area (TPSA) is 52.9 Å². The van der Waals surface area contributed by atoms with E-state index in [1.807, 2.05) is 18.7 Å². The van der Waals surface area contributed by atoms with Gasteiger partial charge in [-0.15, -0.1) is 0 Å². The number of aliphatic carboxylic acids is 1. The predicted molar refractivity (Wildman–Crippen MR) is 46.1 cm³/mol. The fourth-order valence-electron chi connectivity index (χ4n) is 0.909. The van der Waals surface area contributed by atoms with Crippen LogP contribution in [-0.4, -0.2) is 34.9 Å². The normalized spacial score (nSPS) is 16.6. The SMILES string of the molecule is CC(C)N1C=C(C(=O)O)C=NC1. The molecule has 1 heterocycles. The Morgan fingerprint density at radius 2 is 2.42 bits per heavy atom. The van der Waals surface area contributed by atoms with Crippen molar-refractivity contribution in [1.82, 2.24) is 4.90 Å². The molecule has 0 aromatic rings. The lowest BCUT2D eigenvalue weighted by atomic mass is 10.2. The molecular formula is C8H12N2O2. The minimum atomic E-state index is -0.927. The van der Waals surface area contributed by atoms with Crippen LogP contribution in [0, 0.1) is 0 Å². The summed E-state index contributed by atoms with van der Waals surface area (Å²) in [7, 11) is 0. The molecule has 0 aliphatic carbocycles. The molecule has 0 spiro atoms. The molecule has 0 radical (unpaired) electrons. The Bertz CT molecular complexity index is 243. The third-order valence-corrected chi connectivity index (χ3v) is 1.69. The van der Waals surface area contributed by atoms with Gasteiger partial charge in [0.15, 0.2) is 0 Å². The highest BCUT2D eigenvalue weighted by atomic mass is 16.4. The number of carbonyl (C=O) groups is 1. The average Bonchev–Trinajstić information content (AvgIpc) is 2.04. The second kappa shape index (κ2) is 3.38. The fraction of sp³-hybridized carbons (Fsp3) is 0.500. The Kier molecular flexibility index (Phi) is 2.47. The summed E-state index contributed by atoms with van der Waals surface area (Å²) in [5.74, 6) is -0.927. The molecule has 0 aromatic heterocycles. The van der Waals surface area contributed by atoms with Crippen molar-refractivity contribution >= 4 is 12.2 Å². The molecule has 1 N–H and O–H groups in total. The third kappa shape index (κ3) is 1.84. The fourth-order valence-corrected chi connectivity index (χ4v) is 0.909. The number of hydrogen-bond donors (Lipinski definition) is 1. The highest BCUT2D eigenvalue weighted by molar-refractivity contribution is 6.08. The summed E-state index contributed by atoms with van der Waals surface area (Å²) in [5.41, 5.74) is 0.245. The van der Waals surface area contributed by atoms with Crippen molar-refractivity contribution < 1.29 is 9.90 Å². The van der Waals surface area contributed by atoms with Crippen LogP contribution in [-0.2, 0) is 4.79 Å². The van der Waals surface area contributed by atoms with E-state index >= 15 is 0 Å². The van der Waals surface area contributed by atoms with Crippen molar-refractivity contribution in [2.75, 3.05) is 6.67 Å². The third-order valence-electron chi connectivity index (χ3n) is 1.69. The van der Waals surface area contributed by atoms with Crippen LogP contribution in [0.3, 0.4) is 0 Å². The first-order valence-electron chi connectivity index (χ1n) is 3.82. The van der Waals surface area contributed by atoms with Crippen molar-refractivity contribution in [2.45, 2.75) is 19.9 Å². The van der Waals surface area contributed by atoms with E-state index in [0.29, 0.717) is 6.67 Å². The van der Waals surface area contributed by atoms with Gasteiger partial charge in [0.1, 0.15) is 6.67 Å². The maximum absolute atomic E-state index is 10.5. The van der Waals surface area contributed by atoms with Crippen LogP contribution in [0.4, 0.5) is 0 Å². The molecule has 0 saturated carbocycles. The van der Waals surface area contributed by atoms with Gasteiger partial charge in [0.2, 0.25) is 0 Å². The van der Waals surface area contributed by atoms with Gasteiger partial charge in [-0.05, 0) is 13.8 Å². The van der Waals surface area contributed by atoms with Crippen LogP contribution in [0.1, 0.15) is 13.8 Å². The van der Waals surface area contributed by atoms with Crippen LogP contribution in [0.5, 0.6) is 0 Å².